The van der Waals surface area contributed by atoms with E-state index in [2.05, 4.69) is 29.4 Å². The van der Waals surface area contributed by atoms with Crippen LogP contribution in [0.4, 0.5) is 0 Å². The summed E-state index contributed by atoms with van der Waals surface area (Å²) in [6.45, 7) is 6.37. The van der Waals surface area contributed by atoms with Crippen LogP contribution in [0.3, 0.4) is 0 Å². The van der Waals surface area contributed by atoms with Gasteiger partial charge in [-0.2, -0.15) is 5.10 Å². The van der Waals surface area contributed by atoms with E-state index in [9.17, 15) is 0 Å². The largest absolute Gasteiger partial charge is 0.312 e. The molecule has 0 aromatic carbocycles. The lowest BCUT2D eigenvalue weighted by Gasteiger charge is -2.16. The summed E-state index contributed by atoms with van der Waals surface area (Å²) in [6, 6.07) is 0. The first-order valence-electron chi connectivity index (χ1n) is 6.97. The zero-order chi connectivity index (χ0) is 11.8. The van der Waals surface area contributed by atoms with Crippen LogP contribution < -0.4 is 5.32 Å². The van der Waals surface area contributed by atoms with Gasteiger partial charge < -0.3 is 5.32 Å². The fourth-order valence-corrected chi connectivity index (χ4v) is 2.97. The molecule has 0 spiro atoms. The van der Waals surface area contributed by atoms with Gasteiger partial charge >= 0.3 is 0 Å². The Balaban J connectivity index is 1.50. The number of nitrogens with one attached hydrogen (secondary N) is 2. The molecule has 0 amide bonds. The van der Waals surface area contributed by atoms with E-state index in [0.29, 0.717) is 0 Å². The first-order valence-corrected chi connectivity index (χ1v) is 6.97. The maximum Gasteiger partial charge on any atom is 0.0638 e. The molecule has 17 heavy (non-hydrogen) atoms. The van der Waals surface area contributed by atoms with E-state index in [-0.39, 0.29) is 0 Å². The van der Waals surface area contributed by atoms with Crippen molar-refractivity contribution in [2.45, 2.75) is 46.1 Å². The molecule has 0 aliphatic heterocycles. The average Bonchev–Trinajstić information content (AvgIpc) is 3.18. The van der Waals surface area contributed by atoms with Crippen molar-refractivity contribution in [3.63, 3.8) is 0 Å². The molecule has 1 aromatic rings. The molecule has 3 rings (SSSR count). The van der Waals surface area contributed by atoms with Gasteiger partial charge in [0.25, 0.3) is 0 Å². The minimum Gasteiger partial charge on any atom is -0.312 e. The highest BCUT2D eigenvalue weighted by Crippen LogP contribution is 2.48. The van der Waals surface area contributed by atoms with E-state index in [1.807, 2.05) is 0 Å². The van der Waals surface area contributed by atoms with Gasteiger partial charge in [0.15, 0.2) is 0 Å². The van der Waals surface area contributed by atoms with Gasteiger partial charge in [0.1, 0.15) is 0 Å². The minimum atomic E-state index is 0.961. The van der Waals surface area contributed by atoms with Crippen LogP contribution in [0.5, 0.6) is 0 Å². The number of rotatable bonds is 6. The second kappa shape index (κ2) is 4.45. The van der Waals surface area contributed by atoms with Gasteiger partial charge in [-0.15, -0.1) is 0 Å². The molecule has 2 saturated carbocycles. The molecule has 2 fully saturated rings. The van der Waals surface area contributed by atoms with Gasteiger partial charge in [0, 0.05) is 17.8 Å². The van der Waals surface area contributed by atoms with E-state index in [1.54, 1.807) is 0 Å². The molecule has 0 radical (unpaired) electrons. The van der Waals surface area contributed by atoms with Crippen molar-refractivity contribution in [1.29, 1.82) is 0 Å². The normalized spacial score (nSPS) is 20.2. The van der Waals surface area contributed by atoms with Gasteiger partial charge in [-0.3, -0.25) is 5.10 Å². The van der Waals surface area contributed by atoms with Gasteiger partial charge in [0.05, 0.1) is 5.69 Å². The number of aryl methyl sites for hydroxylation is 2. The lowest BCUT2D eigenvalue weighted by Crippen LogP contribution is -2.25. The van der Waals surface area contributed by atoms with Gasteiger partial charge in [0.2, 0.25) is 0 Å². The summed E-state index contributed by atoms with van der Waals surface area (Å²) in [7, 11) is 0. The lowest BCUT2D eigenvalue weighted by atomic mass is 9.98. The van der Waals surface area contributed by atoms with Crippen molar-refractivity contribution in [2.75, 3.05) is 6.54 Å². The van der Waals surface area contributed by atoms with Crippen LogP contribution in [0.15, 0.2) is 0 Å². The molecule has 1 heterocycles. The molecular weight excluding hydrogens is 210 g/mol. The Morgan fingerprint density at radius 2 is 1.88 bits per heavy atom. The highest BCUT2D eigenvalue weighted by molar-refractivity contribution is 5.22. The maximum absolute atomic E-state index is 4.24. The highest BCUT2D eigenvalue weighted by atomic mass is 15.1. The number of aromatic nitrogens is 2. The van der Waals surface area contributed by atoms with Gasteiger partial charge in [-0.05, 0) is 63.8 Å². The summed E-state index contributed by atoms with van der Waals surface area (Å²) < 4.78 is 0. The summed E-state index contributed by atoms with van der Waals surface area (Å²) in [5.74, 6) is 3.05. The zero-order valence-electron chi connectivity index (χ0n) is 10.9. The van der Waals surface area contributed by atoms with E-state index in [0.717, 1.165) is 30.0 Å². The van der Waals surface area contributed by atoms with Crippen LogP contribution in [0, 0.1) is 31.6 Å². The molecule has 3 heteroatoms. The van der Waals surface area contributed by atoms with Crippen molar-refractivity contribution in [2.24, 2.45) is 17.8 Å². The second-order valence-electron chi connectivity index (χ2n) is 5.88. The molecule has 2 N–H and O–H groups in total. The molecule has 0 bridgehead atoms. The van der Waals surface area contributed by atoms with Crippen LogP contribution >= 0.6 is 0 Å². The fraction of sp³-hybridized carbons (Fsp3) is 0.786. The Morgan fingerprint density at radius 1 is 1.24 bits per heavy atom. The molecule has 94 valence electrons. The Kier molecular flexibility index (Phi) is 2.95. The second-order valence-corrected chi connectivity index (χ2v) is 5.88. The summed E-state index contributed by atoms with van der Waals surface area (Å²) in [5.41, 5.74) is 3.71. The monoisotopic (exact) mass is 233 g/mol. The molecule has 0 saturated heterocycles. The molecule has 0 atom stereocenters. The molecule has 1 aromatic heterocycles. The van der Waals surface area contributed by atoms with Crippen LogP contribution in [0.25, 0.3) is 0 Å². The summed E-state index contributed by atoms with van der Waals surface area (Å²) in [6.07, 6.45) is 5.92. The molecule has 2 aliphatic rings. The van der Waals surface area contributed by atoms with Crippen LogP contribution in [0.2, 0.25) is 0 Å². The number of hydrogen-bond acceptors (Lipinski definition) is 2. The molecule has 2 aliphatic carbocycles. The lowest BCUT2D eigenvalue weighted by molar-refractivity contribution is 0.378. The smallest absolute Gasteiger partial charge is 0.0638 e. The number of aromatic amines is 1. The highest BCUT2D eigenvalue weighted by Gasteiger charge is 2.40. The molecule has 0 unspecified atom stereocenters. The standard InChI is InChI=1S/C14H23N3/c1-9-13(10(2)17-16-9)7-15-8-14(11-3-4-11)12-5-6-12/h11-12,14-15H,3-8H2,1-2H3,(H,16,17). The third-order valence-electron chi connectivity index (χ3n) is 4.42. The van der Waals surface area contributed by atoms with Gasteiger partial charge in [-0.25, -0.2) is 0 Å². The van der Waals surface area contributed by atoms with Crippen molar-refractivity contribution in [3.8, 4) is 0 Å². The number of H-pyrrole nitrogens is 1. The Bertz CT molecular complexity index is 357. The van der Waals surface area contributed by atoms with Crippen molar-refractivity contribution < 1.29 is 0 Å². The third-order valence-corrected chi connectivity index (χ3v) is 4.42. The van der Waals surface area contributed by atoms with E-state index < -0.39 is 0 Å². The zero-order valence-corrected chi connectivity index (χ0v) is 10.9. The van der Waals surface area contributed by atoms with Crippen molar-refractivity contribution in [3.05, 3.63) is 17.0 Å². The van der Waals surface area contributed by atoms with E-state index in [1.165, 1.54) is 43.5 Å². The van der Waals surface area contributed by atoms with Gasteiger partial charge in [-0.1, -0.05) is 0 Å². The van der Waals surface area contributed by atoms with Crippen LogP contribution in [-0.4, -0.2) is 16.7 Å². The topological polar surface area (TPSA) is 40.7 Å². The minimum absolute atomic E-state index is 0.961. The first-order chi connectivity index (χ1) is 8.25. The van der Waals surface area contributed by atoms with E-state index >= 15 is 0 Å². The quantitative estimate of drug-likeness (QED) is 0.793. The Morgan fingerprint density at radius 3 is 2.35 bits per heavy atom. The summed E-state index contributed by atoms with van der Waals surface area (Å²) in [5, 5.41) is 11.0. The summed E-state index contributed by atoms with van der Waals surface area (Å²) >= 11 is 0. The Hall–Kier alpha value is -0.830. The SMILES string of the molecule is Cc1n[nH]c(C)c1CNCC(C1CC1)C1CC1. The average molecular weight is 233 g/mol. The number of hydrogen-bond donors (Lipinski definition) is 2. The molecular formula is C14H23N3. The predicted octanol–water partition coefficient (Wildman–Crippen LogP) is 2.55. The van der Waals surface area contributed by atoms with Crippen LogP contribution in [-0.2, 0) is 6.54 Å². The molecule has 3 nitrogen and oxygen atoms in total. The Labute approximate surface area is 103 Å². The van der Waals surface area contributed by atoms with Crippen LogP contribution in [0.1, 0.15) is 42.6 Å². The predicted molar refractivity (Wildman–Crippen MR) is 68.7 cm³/mol. The van der Waals surface area contributed by atoms with Crippen molar-refractivity contribution >= 4 is 0 Å². The summed E-state index contributed by atoms with van der Waals surface area (Å²) in [4.78, 5) is 0. The maximum atomic E-state index is 4.24. The van der Waals surface area contributed by atoms with E-state index in [4.69, 9.17) is 0 Å². The third kappa shape index (κ3) is 2.54. The van der Waals surface area contributed by atoms with Crippen molar-refractivity contribution in [1.82, 2.24) is 15.5 Å². The fourth-order valence-electron chi connectivity index (χ4n) is 2.97. The first kappa shape index (κ1) is 11.3. The number of nitrogens with zero attached hydrogens (tertiary/aromatic N) is 1.